The van der Waals surface area contributed by atoms with Gasteiger partial charge in [-0.15, -0.1) is 0 Å². The molecule has 1 unspecified atom stereocenters. The van der Waals surface area contributed by atoms with E-state index in [9.17, 15) is 19.5 Å². The van der Waals surface area contributed by atoms with Gasteiger partial charge in [-0.3, -0.25) is 14.5 Å². The largest absolute Gasteiger partial charge is 0.507 e. The molecule has 2 heterocycles. The normalized spacial score (nSPS) is 16.6. The number of carbonyl (C=O) groups excluding carboxylic acids is 3. The number of ketones is 1. The van der Waals surface area contributed by atoms with E-state index in [0.29, 0.717) is 28.1 Å². The Morgan fingerprint density at radius 1 is 1.16 bits per heavy atom. The van der Waals surface area contributed by atoms with Gasteiger partial charge in [0.1, 0.15) is 23.0 Å². The summed E-state index contributed by atoms with van der Waals surface area (Å²) in [5, 5.41) is 11.5. The summed E-state index contributed by atoms with van der Waals surface area (Å²) >= 11 is 0.952. The molecule has 1 aromatic heterocycles. The molecule has 1 fully saturated rings. The van der Waals surface area contributed by atoms with Crippen molar-refractivity contribution in [1.29, 1.82) is 0 Å². The van der Waals surface area contributed by atoms with Crippen LogP contribution in [0.15, 0.2) is 60.7 Å². The fourth-order valence-electron chi connectivity index (χ4n) is 4.14. The highest BCUT2D eigenvalue weighted by Gasteiger charge is 2.48. The summed E-state index contributed by atoms with van der Waals surface area (Å²) in [6.07, 6.45) is 1.45. The molecular formula is C28H26N2O6S. The van der Waals surface area contributed by atoms with Crippen LogP contribution in [-0.4, -0.2) is 41.5 Å². The third kappa shape index (κ3) is 4.77. The smallest absolute Gasteiger partial charge is 0.350 e. The fraction of sp³-hybridized carbons (Fsp3) is 0.214. The number of methoxy groups -OCH3 is 1. The summed E-state index contributed by atoms with van der Waals surface area (Å²) in [5.74, 6) is -2.00. The molecule has 8 nitrogen and oxygen atoms in total. The monoisotopic (exact) mass is 518 g/mol. The van der Waals surface area contributed by atoms with Gasteiger partial charge < -0.3 is 14.6 Å². The number of aromatic nitrogens is 1. The molecule has 0 saturated carbocycles. The van der Waals surface area contributed by atoms with Crippen LogP contribution in [0.2, 0.25) is 0 Å². The lowest BCUT2D eigenvalue weighted by atomic mass is 9.93. The minimum Gasteiger partial charge on any atom is -0.507 e. The van der Waals surface area contributed by atoms with Crippen molar-refractivity contribution in [2.45, 2.75) is 26.8 Å². The molecule has 190 valence electrons. The van der Waals surface area contributed by atoms with E-state index in [4.69, 9.17) is 9.47 Å². The number of aliphatic hydroxyl groups is 1. The van der Waals surface area contributed by atoms with Crippen LogP contribution in [0.5, 0.6) is 5.75 Å². The lowest BCUT2D eigenvalue weighted by Crippen LogP contribution is -2.29. The number of anilines is 1. The zero-order chi connectivity index (χ0) is 26.9. The number of hydrogen-bond acceptors (Lipinski definition) is 8. The van der Waals surface area contributed by atoms with Crippen LogP contribution in [0.4, 0.5) is 5.13 Å². The Morgan fingerprint density at radius 2 is 1.86 bits per heavy atom. The lowest BCUT2D eigenvalue weighted by Gasteiger charge is -2.23. The SMILES string of the molecule is C=CCOC(=O)c1sc(N2C(=O)C(=O)/C(=C(/O)c3ccc(OC)cc3C)C2c2ccc(C)cc2)nc1C. The Morgan fingerprint density at radius 3 is 2.49 bits per heavy atom. The predicted molar refractivity (Wildman–Crippen MR) is 141 cm³/mol. The van der Waals surface area contributed by atoms with Crippen LogP contribution in [-0.2, 0) is 14.3 Å². The van der Waals surface area contributed by atoms with Crippen LogP contribution in [0.3, 0.4) is 0 Å². The number of aliphatic hydroxyl groups excluding tert-OH is 1. The average molecular weight is 519 g/mol. The molecule has 1 aliphatic heterocycles. The van der Waals surface area contributed by atoms with Gasteiger partial charge in [0.2, 0.25) is 0 Å². The Labute approximate surface area is 218 Å². The molecule has 9 heteroatoms. The molecule has 2 aromatic carbocycles. The number of carbonyl (C=O) groups is 3. The summed E-state index contributed by atoms with van der Waals surface area (Å²) in [4.78, 5) is 45.2. The Balaban J connectivity index is 1.89. The number of amides is 1. The summed E-state index contributed by atoms with van der Waals surface area (Å²) in [5.41, 5.74) is 2.98. The first-order chi connectivity index (χ1) is 17.7. The van der Waals surface area contributed by atoms with Crippen molar-refractivity contribution in [2.75, 3.05) is 18.6 Å². The number of thiazole rings is 1. The molecule has 0 aliphatic carbocycles. The molecule has 1 N–H and O–H groups in total. The summed E-state index contributed by atoms with van der Waals surface area (Å²) in [6, 6.07) is 11.4. The second-order valence-electron chi connectivity index (χ2n) is 8.56. The van der Waals surface area contributed by atoms with Crippen molar-refractivity contribution >= 4 is 39.9 Å². The highest BCUT2D eigenvalue weighted by Crippen LogP contribution is 2.44. The van der Waals surface area contributed by atoms with E-state index in [0.717, 1.165) is 16.9 Å². The van der Waals surface area contributed by atoms with Gasteiger partial charge in [-0.2, -0.15) is 0 Å². The van der Waals surface area contributed by atoms with Crippen molar-refractivity contribution in [3.63, 3.8) is 0 Å². The average Bonchev–Trinajstić information content (AvgIpc) is 3.39. The Kier molecular flexibility index (Phi) is 7.26. The maximum absolute atomic E-state index is 13.4. The van der Waals surface area contributed by atoms with Crippen LogP contribution in [0, 0.1) is 20.8 Å². The first-order valence-electron chi connectivity index (χ1n) is 11.5. The highest BCUT2D eigenvalue weighted by molar-refractivity contribution is 7.17. The molecule has 0 bridgehead atoms. The van der Waals surface area contributed by atoms with Crippen molar-refractivity contribution < 1.29 is 29.0 Å². The van der Waals surface area contributed by atoms with Gasteiger partial charge in [0.05, 0.1) is 24.4 Å². The minimum absolute atomic E-state index is 0.0284. The predicted octanol–water partition coefficient (Wildman–Crippen LogP) is 5.05. The van der Waals surface area contributed by atoms with E-state index in [1.165, 1.54) is 18.1 Å². The van der Waals surface area contributed by atoms with Crippen LogP contribution < -0.4 is 9.64 Å². The molecule has 37 heavy (non-hydrogen) atoms. The van der Waals surface area contributed by atoms with Gasteiger partial charge >= 0.3 is 11.9 Å². The van der Waals surface area contributed by atoms with E-state index >= 15 is 0 Å². The number of nitrogens with zero attached hydrogens (tertiary/aromatic N) is 2. The number of ether oxygens (including phenoxy) is 2. The maximum Gasteiger partial charge on any atom is 0.350 e. The van der Waals surface area contributed by atoms with E-state index in [2.05, 4.69) is 11.6 Å². The Bertz CT molecular complexity index is 1440. The molecule has 4 rings (SSSR count). The molecule has 1 saturated heterocycles. The molecule has 1 atom stereocenters. The third-order valence-corrected chi connectivity index (χ3v) is 7.17. The lowest BCUT2D eigenvalue weighted by molar-refractivity contribution is -0.132. The summed E-state index contributed by atoms with van der Waals surface area (Å²) in [7, 11) is 1.54. The van der Waals surface area contributed by atoms with Crippen molar-refractivity contribution in [1.82, 2.24) is 4.98 Å². The Hall–Kier alpha value is -4.24. The summed E-state index contributed by atoms with van der Waals surface area (Å²) in [6.45, 7) is 8.89. The quantitative estimate of drug-likeness (QED) is 0.153. The minimum atomic E-state index is -0.954. The molecule has 1 aliphatic rings. The van der Waals surface area contributed by atoms with Gasteiger partial charge in [-0.25, -0.2) is 9.78 Å². The van der Waals surface area contributed by atoms with Crippen LogP contribution in [0.25, 0.3) is 5.76 Å². The fourth-order valence-corrected chi connectivity index (χ4v) is 5.13. The zero-order valence-corrected chi connectivity index (χ0v) is 21.7. The van der Waals surface area contributed by atoms with E-state index in [1.807, 2.05) is 19.1 Å². The third-order valence-electron chi connectivity index (χ3n) is 6.04. The van der Waals surface area contributed by atoms with Gasteiger partial charge in [0.15, 0.2) is 5.13 Å². The maximum atomic E-state index is 13.4. The van der Waals surface area contributed by atoms with E-state index in [1.54, 1.807) is 44.2 Å². The number of esters is 1. The number of hydrogen-bond donors (Lipinski definition) is 1. The standard InChI is InChI=1S/C28H26N2O6S/c1-6-13-36-27(34)25-17(4)29-28(37-25)30-22(18-9-7-15(2)8-10-18)21(24(32)26(30)33)23(31)20-12-11-19(35-5)14-16(20)3/h6-12,14,22,31H,1,13H2,2-5H3/b23-21+. The first kappa shape index (κ1) is 25.8. The number of Topliss-reactive ketones (excluding diaryl/α,β-unsaturated/α-hetero) is 1. The molecular weight excluding hydrogens is 492 g/mol. The van der Waals surface area contributed by atoms with Gasteiger partial charge in [0, 0.05) is 5.56 Å². The van der Waals surface area contributed by atoms with E-state index < -0.39 is 23.7 Å². The zero-order valence-electron chi connectivity index (χ0n) is 20.9. The summed E-state index contributed by atoms with van der Waals surface area (Å²) < 4.78 is 10.4. The molecule has 3 aromatic rings. The number of aryl methyl sites for hydroxylation is 3. The first-order valence-corrected chi connectivity index (χ1v) is 12.3. The van der Waals surface area contributed by atoms with Crippen molar-refractivity contribution in [3.05, 3.63) is 93.5 Å². The van der Waals surface area contributed by atoms with Gasteiger partial charge in [-0.1, -0.05) is 53.8 Å². The van der Waals surface area contributed by atoms with Gasteiger partial charge in [-0.05, 0) is 50.1 Å². The van der Waals surface area contributed by atoms with Crippen LogP contribution in [0.1, 0.15) is 43.7 Å². The molecule has 0 radical (unpaired) electrons. The second-order valence-corrected chi connectivity index (χ2v) is 9.54. The number of rotatable bonds is 7. The topological polar surface area (TPSA) is 106 Å². The molecule has 1 amide bonds. The molecule has 0 spiro atoms. The van der Waals surface area contributed by atoms with Crippen molar-refractivity contribution in [2.24, 2.45) is 0 Å². The van der Waals surface area contributed by atoms with Crippen LogP contribution >= 0.6 is 11.3 Å². The van der Waals surface area contributed by atoms with E-state index in [-0.39, 0.29) is 27.9 Å². The second kappa shape index (κ2) is 10.4. The number of benzene rings is 2. The highest BCUT2D eigenvalue weighted by atomic mass is 32.1. The van der Waals surface area contributed by atoms with Gasteiger partial charge in [0.25, 0.3) is 5.78 Å². The van der Waals surface area contributed by atoms with Crippen molar-refractivity contribution in [3.8, 4) is 5.75 Å².